The first-order valence-corrected chi connectivity index (χ1v) is 8.23. The molecule has 0 aromatic heterocycles. The molecule has 1 amide bonds. The molecule has 0 aliphatic carbocycles. The summed E-state index contributed by atoms with van der Waals surface area (Å²) in [4.78, 5) is 15.9. The Morgan fingerprint density at radius 1 is 1.09 bits per heavy atom. The topological polar surface area (TPSA) is 42.0 Å². The van der Waals surface area contributed by atoms with Gasteiger partial charge in [-0.05, 0) is 26.8 Å². The van der Waals surface area contributed by atoms with E-state index in [1.165, 1.54) is 0 Å². The first-order valence-electron chi connectivity index (χ1n) is 7.47. The Hall–Kier alpha value is -1.33. The summed E-state index contributed by atoms with van der Waals surface area (Å²) in [5.41, 5.74) is 0.395. The fraction of sp³-hybridized carbons (Fsp3) is 0.562. The van der Waals surface area contributed by atoms with Crippen LogP contribution < -0.4 is 9.64 Å². The van der Waals surface area contributed by atoms with Gasteiger partial charge >= 0.3 is 6.09 Å². The maximum absolute atomic E-state index is 12.1. The Morgan fingerprint density at radius 3 is 2.17 bits per heavy atom. The van der Waals surface area contributed by atoms with Gasteiger partial charge in [-0.3, -0.25) is 0 Å². The van der Waals surface area contributed by atoms with Crippen molar-refractivity contribution in [2.45, 2.75) is 26.4 Å². The van der Waals surface area contributed by atoms with Gasteiger partial charge in [0.15, 0.2) is 0 Å². The van der Waals surface area contributed by atoms with E-state index in [0.29, 0.717) is 42.0 Å². The van der Waals surface area contributed by atoms with Crippen LogP contribution in [-0.2, 0) is 4.74 Å². The summed E-state index contributed by atoms with van der Waals surface area (Å²) in [7, 11) is 1.60. The van der Waals surface area contributed by atoms with Gasteiger partial charge in [0.1, 0.15) is 11.4 Å². The van der Waals surface area contributed by atoms with Crippen molar-refractivity contribution in [2.24, 2.45) is 0 Å². The van der Waals surface area contributed by atoms with Crippen molar-refractivity contribution >= 4 is 35.0 Å². The van der Waals surface area contributed by atoms with Crippen LogP contribution in [0.5, 0.6) is 5.75 Å². The minimum absolute atomic E-state index is 0.279. The lowest BCUT2D eigenvalue weighted by Crippen LogP contribution is -2.50. The fourth-order valence-corrected chi connectivity index (χ4v) is 2.70. The summed E-state index contributed by atoms with van der Waals surface area (Å²) in [5.74, 6) is 0.671. The second-order valence-corrected chi connectivity index (χ2v) is 7.21. The predicted octanol–water partition coefficient (Wildman–Crippen LogP) is 4.06. The lowest BCUT2D eigenvalue weighted by atomic mass is 10.2. The number of ether oxygens (including phenoxy) is 2. The molecular formula is C16H22Cl2N2O3. The van der Waals surface area contributed by atoms with Crippen LogP contribution in [0.4, 0.5) is 10.5 Å². The lowest BCUT2D eigenvalue weighted by molar-refractivity contribution is 0.0240. The highest BCUT2D eigenvalue weighted by molar-refractivity contribution is 6.42. The molecular weight excluding hydrogens is 339 g/mol. The molecule has 0 bridgehead atoms. The van der Waals surface area contributed by atoms with Crippen LogP contribution in [0.15, 0.2) is 12.1 Å². The van der Waals surface area contributed by atoms with Crippen molar-refractivity contribution < 1.29 is 14.3 Å². The zero-order valence-corrected chi connectivity index (χ0v) is 15.4. The first-order chi connectivity index (χ1) is 10.7. The summed E-state index contributed by atoms with van der Waals surface area (Å²) in [6, 6.07) is 3.51. The Labute approximate surface area is 147 Å². The molecule has 0 spiro atoms. The highest BCUT2D eigenvalue weighted by Gasteiger charge is 2.27. The van der Waals surface area contributed by atoms with E-state index in [-0.39, 0.29) is 6.09 Å². The molecule has 5 nitrogen and oxygen atoms in total. The molecule has 1 aromatic rings. The molecule has 7 heteroatoms. The minimum Gasteiger partial charge on any atom is -0.495 e. The molecule has 1 saturated heterocycles. The number of hydrogen-bond acceptors (Lipinski definition) is 4. The van der Waals surface area contributed by atoms with Gasteiger partial charge in [0.25, 0.3) is 0 Å². The fourth-order valence-electron chi connectivity index (χ4n) is 2.39. The third-order valence-electron chi connectivity index (χ3n) is 3.49. The van der Waals surface area contributed by atoms with Gasteiger partial charge in [-0.25, -0.2) is 4.79 Å². The number of halogens is 2. The molecule has 1 aromatic carbocycles. The molecule has 0 unspecified atom stereocenters. The number of piperazine rings is 1. The Morgan fingerprint density at radius 2 is 1.65 bits per heavy atom. The second-order valence-electron chi connectivity index (χ2n) is 6.39. The van der Waals surface area contributed by atoms with E-state index in [1.54, 1.807) is 24.1 Å². The van der Waals surface area contributed by atoms with Gasteiger partial charge < -0.3 is 19.3 Å². The molecule has 0 N–H and O–H groups in total. The summed E-state index contributed by atoms with van der Waals surface area (Å²) in [6.45, 7) is 8.10. The van der Waals surface area contributed by atoms with Gasteiger partial charge in [-0.2, -0.15) is 0 Å². The zero-order valence-electron chi connectivity index (χ0n) is 13.9. The van der Waals surface area contributed by atoms with Crippen LogP contribution in [0.1, 0.15) is 20.8 Å². The third-order valence-corrected chi connectivity index (χ3v) is 4.22. The average molecular weight is 361 g/mol. The normalized spacial score (nSPS) is 15.6. The quantitative estimate of drug-likeness (QED) is 0.797. The molecule has 0 atom stereocenters. The van der Waals surface area contributed by atoms with Crippen LogP contribution >= 0.6 is 23.2 Å². The summed E-state index contributed by atoms with van der Waals surface area (Å²) in [5, 5.41) is 0.941. The molecule has 2 rings (SSSR count). The molecule has 1 heterocycles. The van der Waals surface area contributed by atoms with Crippen molar-refractivity contribution in [3.8, 4) is 5.75 Å². The standard InChI is InChI=1S/C16H22Cl2N2O3/c1-16(2,3)23-15(21)20-7-5-19(6-8-20)13-9-11(17)12(18)10-14(13)22-4/h9-10H,5-8H2,1-4H3. The Kier molecular flexibility index (Phi) is 5.53. The van der Waals surface area contributed by atoms with E-state index in [9.17, 15) is 4.79 Å². The largest absolute Gasteiger partial charge is 0.495 e. The smallest absolute Gasteiger partial charge is 0.410 e. The SMILES string of the molecule is COc1cc(Cl)c(Cl)cc1N1CCN(C(=O)OC(C)(C)C)CC1. The lowest BCUT2D eigenvalue weighted by Gasteiger charge is -2.37. The van der Waals surface area contributed by atoms with Crippen molar-refractivity contribution in [1.29, 1.82) is 0 Å². The van der Waals surface area contributed by atoms with Crippen LogP contribution in [0.25, 0.3) is 0 Å². The minimum atomic E-state index is -0.485. The molecule has 1 aliphatic heterocycles. The van der Waals surface area contributed by atoms with E-state index in [4.69, 9.17) is 32.7 Å². The van der Waals surface area contributed by atoms with Crippen molar-refractivity contribution in [2.75, 3.05) is 38.2 Å². The van der Waals surface area contributed by atoms with Gasteiger partial charge in [-0.1, -0.05) is 23.2 Å². The Balaban J connectivity index is 2.05. The van der Waals surface area contributed by atoms with E-state index in [2.05, 4.69) is 4.90 Å². The van der Waals surface area contributed by atoms with Gasteiger partial charge in [0, 0.05) is 32.2 Å². The number of carbonyl (C=O) groups is 1. The van der Waals surface area contributed by atoms with Gasteiger partial charge in [0.2, 0.25) is 0 Å². The number of methoxy groups -OCH3 is 1. The molecule has 0 radical (unpaired) electrons. The number of benzene rings is 1. The maximum Gasteiger partial charge on any atom is 0.410 e. The molecule has 128 valence electrons. The zero-order chi connectivity index (χ0) is 17.2. The summed E-state index contributed by atoms with van der Waals surface area (Å²) < 4.78 is 10.8. The number of hydrogen-bond donors (Lipinski definition) is 0. The molecule has 23 heavy (non-hydrogen) atoms. The molecule has 0 saturated carbocycles. The number of anilines is 1. The third kappa shape index (κ3) is 4.58. The van der Waals surface area contributed by atoms with Gasteiger partial charge in [-0.15, -0.1) is 0 Å². The highest BCUT2D eigenvalue weighted by Crippen LogP contribution is 2.36. The second kappa shape index (κ2) is 7.05. The van der Waals surface area contributed by atoms with E-state index in [1.807, 2.05) is 20.8 Å². The first kappa shape index (κ1) is 18.0. The van der Waals surface area contributed by atoms with Crippen LogP contribution in [0.2, 0.25) is 10.0 Å². The number of carbonyl (C=O) groups excluding carboxylic acids is 1. The van der Waals surface area contributed by atoms with Crippen LogP contribution in [0, 0.1) is 0 Å². The predicted molar refractivity (Wildman–Crippen MR) is 93.0 cm³/mol. The summed E-state index contributed by atoms with van der Waals surface area (Å²) in [6.07, 6.45) is -0.279. The number of amides is 1. The van der Waals surface area contributed by atoms with Gasteiger partial charge in [0.05, 0.1) is 22.8 Å². The van der Waals surface area contributed by atoms with E-state index in [0.717, 1.165) is 5.69 Å². The number of rotatable bonds is 2. The van der Waals surface area contributed by atoms with Crippen molar-refractivity contribution in [1.82, 2.24) is 4.90 Å². The molecule has 1 fully saturated rings. The maximum atomic E-state index is 12.1. The van der Waals surface area contributed by atoms with Crippen molar-refractivity contribution in [3.05, 3.63) is 22.2 Å². The summed E-state index contributed by atoms with van der Waals surface area (Å²) >= 11 is 12.1. The van der Waals surface area contributed by atoms with Crippen LogP contribution in [-0.4, -0.2) is 49.9 Å². The average Bonchev–Trinajstić information content (AvgIpc) is 2.48. The van der Waals surface area contributed by atoms with E-state index < -0.39 is 5.60 Å². The Bertz CT molecular complexity index is 579. The van der Waals surface area contributed by atoms with Crippen LogP contribution in [0.3, 0.4) is 0 Å². The highest BCUT2D eigenvalue weighted by atomic mass is 35.5. The number of nitrogens with zero attached hydrogens (tertiary/aromatic N) is 2. The molecule has 1 aliphatic rings. The monoisotopic (exact) mass is 360 g/mol. The van der Waals surface area contributed by atoms with E-state index >= 15 is 0 Å². The van der Waals surface area contributed by atoms with Crippen molar-refractivity contribution in [3.63, 3.8) is 0 Å².